The highest BCUT2D eigenvalue weighted by Gasteiger charge is 2.42. The quantitative estimate of drug-likeness (QED) is 0.656. The SMILES string of the molecule is CC1=CC(=C/C=C/C2=[N+](C)c3ccccc3C2(C)C)C=C(C)O1.[O-][Cl+3]([O-])([O-])[O-]. The molecular weight excluding hydrogens is 382 g/mol. The minimum Gasteiger partial charge on any atom is -0.467 e. The first-order chi connectivity index (χ1) is 12.9. The van der Waals surface area contributed by atoms with Gasteiger partial charge in [0.05, 0.1) is 5.41 Å². The zero-order valence-electron chi connectivity index (χ0n) is 16.6. The molecule has 150 valence electrons. The molecule has 1 aromatic rings. The molecule has 0 saturated heterocycles. The second-order valence-corrected chi connectivity index (χ2v) is 7.86. The molecule has 0 fully saturated rings. The lowest BCUT2D eigenvalue weighted by molar-refractivity contribution is -2.00. The van der Waals surface area contributed by atoms with E-state index in [1.54, 1.807) is 0 Å². The van der Waals surface area contributed by atoms with Crippen LogP contribution in [0.4, 0.5) is 5.69 Å². The van der Waals surface area contributed by atoms with Gasteiger partial charge in [-0.25, -0.2) is 18.6 Å². The number of para-hydroxylation sites is 1. The first-order valence-corrected chi connectivity index (χ1v) is 9.88. The van der Waals surface area contributed by atoms with Crippen LogP contribution in [0.2, 0.25) is 0 Å². The van der Waals surface area contributed by atoms with Crippen LogP contribution in [0.15, 0.2) is 71.7 Å². The lowest BCUT2D eigenvalue weighted by Crippen LogP contribution is -2.68. The molecule has 0 spiro atoms. The molecular formula is C21H24ClNO5. The second kappa shape index (κ2) is 8.43. The van der Waals surface area contributed by atoms with Crippen molar-refractivity contribution in [2.24, 2.45) is 0 Å². The molecule has 0 unspecified atom stereocenters. The summed E-state index contributed by atoms with van der Waals surface area (Å²) in [5, 5.41) is 0. The Morgan fingerprint density at radius 2 is 1.54 bits per heavy atom. The van der Waals surface area contributed by atoms with Crippen molar-refractivity contribution in [3.05, 3.63) is 77.3 Å². The van der Waals surface area contributed by atoms with Crippen LogP contribution < -0.4 is 18.6 Å². The summed E-state index contributed by atoms with van der Waals surface area (Å²) < 4.78 is 41.8. The van der Waals surface area contributed by atoms with Gasteiger partial charge in [0.2, 0.25) is 5.69 Å². The van der Waals surface area contributed by atoms with E-state index < -0.39 is 10.2 Å². The molecule has 0 amide bonds. The number of benzene rings is 1. The van der Waals surface area contributed by atoms with Crippen molar-refractivity contribution in [2.45, 2.75) is 33.1 Å². The summed E-state index contributed by atoms with van der Waals surface area (Å²) in [6.45, 7) is 8.52. The molecule has 0 N–H and O–H groups in total. The maximum atomic E-state index is 8.49. The minimum atomic E-state index is -4.94. The Hall–Kier alpha value is -2.22. The molecule has 0 radical (unpaired) electrons. The van der Waals surface area contributed by atoms with E-state index in [0.717, 1.165) is 11.5 Å². The average molecular weight is 406 g/mol. The molecule has 2 aliphatic heterocycles. The Morgan fingerprint density at radius 1 is 1.00 bits per heavy atom. The van der Waals surface area contributed by atoms with E-state index in [0.29, 0.717) is 0 Å². The van der Waals surface area contributed by atoms with Gasteiger partial charge in [-0.05, 0) is 45.4 Å². The number of ether oxygens (including phenoxy) is 1. The molecule has 28 heavy (non-hydrogen) atoms. The Labute approximate surface area is 167 Å². The van der Waals surface area contributed by atoms with Gasteiger partial charge in [-0.2, -0.15) is 4.58 Å². The smallest absolute Gasteiger partial charge is 0.209 e. The largest absolute Gasteiger partial charge is 0.467 e. The summed E-state index contributed by atoms with van der Waals surface area (Å²) in [7, 11) is -2.80. The molecule has 0 aromatic heterocycles. The standard InChI is InChI=1S/C21H24NO.ClHO4/c1-15-13-17(14-16(2)23-15)9-8-12-20-21(3,4)18-10-6-7-11-19(18)22(20)5;2-1(3,4)5/h6-14H,1-5H3;(H,2,3,4,5)/q+1;/p-1/b12-8+;. The highest BCUT2D eigenvalue weighted by Crippen LogP contribution is 2.38. The topological polar surface area (TPSA) is 104 Å². The highest BCUT2D eigenvalue weighted by molar-refractivity contribution is 6.03. The van der Waals surface area contributed by atoms with Gasteiger partial charge in [-0.3, -0.25) is 0 Å². The number of allylic oxidation sites excluding steroid dienone is 8. The van der Waals surface area contributed by atoms with Gasteiger partial charge in [0.25, 0.3) is 0 Å². The van der Waals surface area contributed by atoms with Crippen molar-refractivity contribution >= 4 is 11.4 Å². The van der Waals surface area contributed by atoms with E-state index in [9.17, 15) is 0 Å². The van der Waals surface area contributed by atoms with E-state index in [-0.39, 0.29) is 5.41 Å². The lowest BCUT2D eigenvalue weighted by atomic mass is 9.81. The zero-order valence-corrected chi connectivity index (χ0v) is 17.3. The second-order valence-electron chi connectivity index (χ2n) is 7.10. The third kappa shape index (κ3) is 5.64. The van der Waals surface area contributed by atoms with E-state index in [1.165, 1.54) is 22.5 Å². The Balaban J connectivity index is 0.000000500. The fourth-order valence-electron chi connectivity index (χ4n) is 3.47. The maximum absolute atomic E-state index is 8.49. The van der Waals surface area contributed by atoms with Gasteiger partial charge in [-0.15, -0.1) is 10.2 Å². The monoisotopic (exact) mass is 405 g/mol. The number of hydrogen-bond acceptors (Lipinski definition) is 5. The molecule has 1 aromatic carbocycles. The molecule has 0 saturated carbocycles. The summed E-state index contributed by atoms with van der Waals surface area (Å²) in [6, 6.07) is 8.63. The van der Waals surface area contributed by atoms with Crippen LogP contribution >= 0.6 is 0 Å². The van der Waals surface area contributed by atoms with Gasteiger partial charge in [0, 0.05) is 17.7 Å². The van der Waals surface area contributed by atoms with Gasteiger partial charge in [0.15, 0.2) is 5.71 Å². The summed E-state index contributed by atoms with van der Waals surface area (Å²) >= 11 is 0. The molecule has 7 heteroatoms. The molecule has 3 rings (SSSR count). The van der Waals surface area contributed by atoms with Crippen LogP contribution in [0.1, 0.15) is 33.3 Å². The van der Waals surface area contributed by atoms with E-state index in [1.807, 2.05) is 13.8 Å². The molecule has 2 aliphatic rings. The van der Waals surface area contributed by atoms with Crippen LogP contribution in [0, 0.1) is 10.2 Å². The first-order valence-electron chi connectivity index (χ1n) is 8.65. The third-order valence-electron chi connectivity index (χ3n) is 4.55. The predicted octanol–water partition coefficient (Wildman–Crippen LogP) is 0.257. The molecule has 6 nitrogen and oxygen atoms in total. The average Bonchev–Trinajstić information content (AvgIpc) is 2.74. The summed E-state index contributed by atoms with van der Waals surface area (Å²) in [4.78, 5) is 0. The number of hydrogen-bond donors (Lipinski definition) is 0. The van der Waals surface area contributed by atoms with Crippen molar-refractivity contribution in [3.63, 3.8) is 0 Å². The fourth-order valence-corrected chi connectivity index (χ4v) is 3.47. The summed E-state index contributed by atoms with van der Waals surface area (Å²) in [5.41, 5.74) is 5.17. The van der Waals surface area contributed by atoms with Crippen molar-refractivity contribution in [1.82, 2.24) is 0 Å². The van der Waals surface area contributed by atoms with E-state index >= 15 is 0 Å². The Bertz CT molecular complexity index is 876. The van der Waals surface area contributed by atoms with Gasteiger partial charge in [0.1, 0.15) is 18.6 Å². The fraction of sp³-hybridized carbons (Fsp3) is 0.286. The summed E-state index contributed by atoms with van der Waals surface area (Å²) in [6.07, 6.45) is 10.6. The third-order valence-corrected chi connectivity index (χ3v) is 4.55. The molecule has 0 atom stereocenters. The van der Waals surface area contributed by atoms with Crippen LogP contribution in [0.5, 0.6) is 0 Å². The summed E-state index contributed by atoms with van der Waals surface area (Å²) in [5.74, 6) is 1.87. The van der Waals surface area contributed by atoms with Crippen LogP contribution in [0.25, 0.3) is 0 Å². The van der Waals surface area contributed by atoms with Crippen molar-refractivity contribution in [3.8, 4) is 0 Å². The molecule has 2 heterocycles. The Morgan fingerprint density at radius 3 is 2.07 bits per heavy atom. The number of nitrogens with zero attached hydrogens (tertiary/aromatic N) is 1. The molecule has 0 bridgehead atoms. The van der Waals surface area contributed by atoms with Gasteiger partial charge in [-0.1, -0.05) is 30.4 Å². The van der Waals surface area contributed by atoms with Gasteiger partial charge >= 0.3 is 0 Å². The number of halogens is 1. The van der Waals surface area contributed by atoms with Crippen molar-refractivity contribution in [1.29, 1.82) is 0 Å². The van der Waals surface area contributed by atoms with Crippen LogP contribution in [0.3, 0.4) is 0 Å². The minimum absolute atomic E-state index is 0.0214. The van der Waals surface area contributed by atoms with Gasteiger partial charge < -0.3 is 4.74 Å². The van der Waals surface area contributed by atoms with E-state index in [4.69, 9.17) is 23.4 Å². The zero-order chi connectivity index (χ0) is 21.1. The predicted molar refractivity (Wildman–Crippen MR) is 96.1 cm³/mol. The Kier molecular flexibility index (Phi) is 6.64. The highest BCUT2D eigenvalue weighted by atomic mass is 35.7. The normalized spacial score (nSPS) is 18.1. The first kappa shape index (κ1) is 22.1. The van der Waals surface area contributed by atoms with Crippen LogP contribution in [-0.4, -0.2) is 17.3 Å². The number of fused-ring (bicyclic) bond motifs is 1. The van der Waals surface area contributed by atoms with E-state index in [2.05, 4.69) is 80.1 Å². The lowest BCUT2D eigenvalue weighted by Gasteiger charge is -2.17. The van der Waals surface area contributed by atoms with Crippen molar-refractivity contribution < 1.29 is 38.2 Å². The van der Waals surface area contributed by atoms with Crippen molar-refractivity contribution in [2.75, 3.05) is 7.05 Å². The maximum Gasteiger partial charge on any atom is 0.209 e. The van der Waals surface area contributed by atoms with Crippen LogP contribution in [-0.2, 0) is 10.2 Å². The number of rotatable bonds is 2. The molecule has 0 aliphatic carbocycles.